The lowest BCUT2D eigenvalue weighted by atomic mass is 9.43. The van der Waals surface area contributed by atoms with Crippen LogP contribution in [0.1, 0.15) is 112 Å². The smallest absolute Gasteiger partial charge is 0.322 e. The summed E-state index contributed by atoms with van der Waals surface area (Å²) >= 11 is 6.04. The fourth-order valence-corrected chi connectivity index (χ4v) is 11.9. The van der Waals surface area contributed by atoms with Gasteiger partial charge in [0.05, 0.1) is 23.8 Å². The van der Waals surface area contributed by atoms with E-state index in [9.17, 15) is 24.9 Å². The molecule has 12 atom stereocenters. The Balaban J connectivity index is 0.000000229. The number of fused-ring (bicyclic) bond motifs is 6. The van der Waals surface area contributed by atoms with Gasteiger partial charge in [-0.05, 0) is 161 Å². The van der Waals surface area contributed by atoms with Crippen molar-refractivity contribution in [2.45, 2.75) is 137 Å². The van der Waals surface area contributed by atoms with Crippen molar-refractivity contribution in [2.75, 3.05) is 31.5 Å². The predicted molar refractivity (Wildman–Crippen MR) is 220 cm³/mol. The van der Waals surface area contributed by atoms with Crippen molar-refractivity contribution in [3.63, 3.8) is 0 Å². The predicted octanol–water partition coefficient (Wildman–Crippen LogP) is 7.38. The SMILES string of the molecule is CCN(CC)CCCC(C)Nc1ccnc2cc(Cl)ccc12.C[C@H](CCC(=O)NCC(=O)O)[C@H]1CC[C@H]2[C@@H]3[C@H](O)C[C@@H]4C[C@H](O)CC[C@]4(C)[C@H]3C[C@H](O)[C@]12C. The van der Waals surface area contributed by atoms with Gasteiger partial charge in [-0.3, -0.25) is 14.6 Å². The van der Waals surface area contributed by atoms with Gasteiger partial charge in [0.25, 0.3) is 0 Å². The normalized spacial score (nSPS) is 33.7. The van der Waals surface area contributed by atoms with Crippen LogP contribution in [0.5, 0.6) is 0 Å². The molecule has 2 aromatic rings. The number of aliphatic carboxylic acids is 1. The summed E-state index contributed by atoms with van der Waals surface area (Å²) in [5, 5.41) is 49.8. The molecule has 6 N–H and O–H groups in total. The lowest BCUT2D eigenvalue weighted by Gasteiger charge is -2.63. The van der Waals surface area contributed by atoms with Gasteiger partial charge in [0.1, 0.15) is 6.54 Å². The Morgan fingerprint density at radius 2 is 1.75 bits per heavy atom. The number of nitrogens with zero attached hydrogens (tertiary/aromatic N) is 2. The van der Waals surface area contributed by atoms with Crippen molar-refractivity contribution < 1.29 is 30.0 Å². The molecule has 1 aromatic heterocycles. The van der Waals surface area contributed by atoms with Crippen LogP contribution in [0.15, 0.2) is 30.5 Å². The monoisotopic (exact) mass is 784 g/mol. The quantitative estimate of drug-likeness (QED) is 0.115. The van der Waals surface area contributed by atoms with E-state index in [2.05, 4.69) is 62.1 Å². The van der Waals surface area contributed by atoms with E-state index in [-0.39, 0.29) is 65.1 Å². The standard InChI is InChI=1S/C26H43NO6.C18H26ClN3/c1-14(4-7-22(31)27-13-23(32)33)17-5-6-18-24-19(12-21(30)26(17,18)3)25(2)9-8-16(28)10-15(25)11-20(24)29;1-4-22(5-2)12-6-7-14(3)21-17-10-11-20-18-13-15(19)8-9-16(17)18/h14-21,24,28-30H,4-13H2,1-3H3,(H,27,31)(H,32,33);8-11,13-14H,4-7,12H2,1-3H3,(H,20,21)/t14-,15+,16-,17-,18+,19+,20-,21+,24+,25+,26-;/m1./s1. The number of nitrogens with one attached hydrogen (secondary N) is 2. The van der Waals surface area contributed by atoms with E-state index in [1.54, 1.807) is 0 Å². The highest BCUT2D eigenvalue weighted by Gasteiger charge is 2.65. The maximum Gasteiger partial charge on any atom is 0.322 e. The van der Waals surface area contributed by atoms with E-state index in [4.69, 9.17) is 16.7 Å². The van der Waals surface area contributed by atoms with Gasteiger partial charge >= 0.3 is 5.97 Å². The summed E-state index contributed by atoms with van der Waals surface area (Å²) in [7, 11) is 0. The second kappa shape index (κ2) is 18.8. The fraction of sp³-hybridized carbons (Fsp3) is 0.750. The average Bonchev–Trinajstić information content (AvgIpc) is 3.51. The topological polar surface area (TPSA) is 155 Å². The molecule has 0 spiro atoms. The van der Waals surface area contributed by atoms with E-state index in [1.807, 2.05) is 30.5 Å². The van der Waals surface area contributed by atoms with E-state index in [0.29, 0.717) is 31.2 Å². The average molecular weight is 786 g/mol. The molecule has 4 aliphatic rings. The molecule has 10 nitrogen and oxygen atoms in total. The minimum absolute atomic E-state index is 0.0668. The second-order valence-electron chi connectivity index (χ2n) is 17.9. The highest BCUT2D eigenvalue weighted by Crippen LogP contribution is 2.68. The summed E-state index contributed by atoms with van der Waals surface area (Å²) in [4.78, 5) is 29.6. The number of rotatable bonds is 14. The van der Waals surface area contributed by atoms with Crippen LogP contribution < -0.4 is 10.6 Å². The van der Waals surface area contributed by atoms with Gasteiger partial charge < -0.3 is 36.0 Å². The van der Waals surface area contributed by atoms with Gasteiger partial charge in [0.2, 0.25) is 5.91 Å². The number of carboxylic acid groups (broad SMARTS) is 1. The summed E-state index contributed by atoms with van der Waals surface area (Å²) in [6, 6.07) is 8.35. The maximum absolute atomic E-state index is 12.0. The molecule has 0 saturated heterocycles. The van der Waals surface area contributed by atoms with Crippen LogP contribution in [0.2, 0.25) is 5.02 Å². The summed E-state index contributed by atoms with van der Waals surface area (Å²) in [5.41, 5.74) is 1.86. The largest absolute Gasteiger partial charge is 0.480 e. The Bertz CT molecular complexity index is 1590. The number of anilines is 1. The molecule has 0 bridgehead atoms. The third-order valence-electron chi connectivity index (χ3n) is 14.9. The first kappa shape index (κ1) is 43.6. The molecule has 1 amide bonds. The number of pyridine rings is 1. The number of aliphatic hydroxyl groups is 3. The highest BCUT2D eigenvalue weighted by molar-refractivity contribution is 6.31. The molecule has 1 aromatic carbocycles. The Hall–Kier alpha value is -2.50. The molecule has 4 saturated carbocycles. The van der Waals surface area contributed by atoms with Gasteiger partial charge in [-0.1, -0.05) is 46.2 Å². The van der Waals surface area contributed by atoms with Crippen LogP contribution in [-0.2, 0) is 9.59 Å². The molecule has 0 radical (unpaired) electrons. The molecule has 308 valence electrons. The number of carbonyl (C=O) groups is 2. The zero-order valence-electron chi connectivity index (χ0n) is 34.1. The maximum atomic E-state index is 12.0. The Morgan fingerprint density at radius 3 is 2.45 bits per heavy atom. The highest BCUT2D eigenvalue weighted by atomic mass is 35.5. The van der Waals surface area contributed by atoms with Gasteiger partial charge in [-0.2, -0.15) is 0 Å². The van der Waals surface area contributed by atoms with Crippen molar-refractivity contribution in [3.05, 3.63) is 35.5 Å². The molecular formula is C44H69ClN4O6. The van der Waals surface area contributed by atoms with Crippen LogP contribution in [-0.4, -0.2) is 92.7 Å². The van der Waals surface area contributed by atoms with Crippen LogP contribution in [0.3, 0.4) is 0 Å². The number of aromatic nitrogens is 1. The number of hydrogen-bond acceptors (Lipinski definition) is 8. The molecular weight excluding hydrogens is 716 g/mol. The van der Waals surface area contributed by atoms with Crippen LogP contribution >= 0.6 is 11.6 Å². The van der Waals surface area contributed by atoms with E-state index >= 15 is 0 Å². The molecule has 0 aliphatic heterocycles. The van der Waals surface area contributed by atoms with Crippen molar-refractivity contribution in [3.8, 4) is 0 Å². The van der Waals surface area contributed by atoms with Crippen molar-refractivity contribution in [1.82, 2.24) is 15.2 Å². The first-order valence-corrected chi connectivity index (χ1v) is 21.6. The molecule has 1 heterocycles. The minimum atomic E-state index is -1.04. The number of halogens is 1. The third-order valence-corrected chi connectivity index (χ3v) is 15.1. The molecule has 4 fully saturated rings. The molecule has 11 heteroatoms. The fourth-order valence-electron chi connectivity index (χ4n) is 11.7. The van der Waals surface area contributed by atoms with E-state index in [0.717, 1.165) is 79.6 Å². The number of aliphatic hydroxyl groups excluding tert-OH is 3. The zero-order valence-corrected chi connectivity index (χ0v) is 34.9. The number of carbonyl (C=O) groups excluding carboxylic acids is 1. The van der Waals surface area contributed by atoms with Crippen LogP contribution in [0.25, 0.3) is 10.9 Å². The summed E-state index contributed by atoms with van der Waals surface area (Å²) in [6.45, 7) is 16.5. The first-order valence-electron chi connectivity index (χ1n) is 21.2. The van der Waals surface area contributed by atoms with Crippen LogP contribution in [0.4, 0.5) is 5.69 Å². The van der Waals surface area contributed by atoms with Crippen molar-refractivity contribution in [1.29, 1.82) is 0 Å². The van der Waals surface area contributed by atoms with Crippen molar-refractivity contribution in [2.24, 2.45) is 46.3 Å². The van der Waals surface area contributed by atoms with Gasteiger partial charge in [-0.15, -0.1) is 0 Å². The summed E-state index contributed by atoms with van der Waals surface area (Å²) in [6.07, 6.45) is 10.1. The van der Waals surface area contributed by atoms with E-state index < -0.39 is 12.1 Å². The van der Waals surface area contributed by atoms with Gasteiger partial charge in [0.15, 0.2) is 0 Å². The first-order chi connectivity index (χ1) is 26.1. The van der Waals surface area contributed by atoms with E-state index in [1.165, 1.54) is 13.0 Å². The number of benzene rings is 1. The van der Waals surface area contributed by atoms with Crippen LogP contribution in [0, 0.1) is 46.3 Å². The lowest BCUT2D eigenvalue weighted by molar-refractivity contribution is -0.207. The Kier molecular flexibility index (Phi) is 14.9. The molecule has 6 rings (SSSR count). The zero-order chi connectivity index (χ0) is 40.1. The Labute approximate surface area is 334 Å². The lowest BCUT2D eigenvalue weighted by Crippen LogP contribution is -2.62. The molecule has 4 aliphatic carbocycles. The number of hydrogen-bond donors (Lipinski definition) is 6. The Morgan fingerprint density at radius 1 is 1.00 bits per heavy atom. The minimum Gasteiger partial charge on any atom is -0.480 e. The molecule has 1 unspecified atom stereocenters. The molecule has 55 heavy (non-hydrogen) atoms. The summed E-state index contributed by atoms with van der Waals surface area (Å²) in [5.74, 6) is 0.265. The van der Waals surface area contributed by atoms with Gasteiger partial charge in [-0.25, -0.2) is 0 Å². The third kappa shape index (κ3) is 9.80. The number of carboxylic acids is 1. The number of amides is 1. The second-order valence-corrected chi connectivity index (χ2v) is 18.4. The van der Waals surface area contributed by atoms with Crippen molar-refractivity contribution >= 4 is 40.1 Å². The van der Waals surface area contributed by atoms with Gasteiger partial charge in [0, 0.05) is 34.8 Å². The summed E-state index contributed by atoms with van der Waals surface area (Å²) < 4.78 is 0.